The van der Waals surface area contributed by atoms with Crippen molar-refractivity contribution >= 4 is 11.4 Å². The van der Waals surface area contributed by atoms with Gasteiger partial charge >= 0.3 is 0 Å². The van der Waals surface area contributed by atoms with Crippen molar-refractivity contribution in [3.05, 3.63) is 59.7 Å². The standard InChI is InChI=1S/C14H14F2N2/c1-17-12-4-2-3-10(7-12)9-18-14-8-11(15)5-6-13(14)16/h2-8,17-18H,9H2,1H3. The van der Waals surface area contributed by atoms with Crippen molar-refractivity contribution in [2.24, 2.45) is 0 Å². The summed E-state index contributed by atoms with van der Waals surface area (Å²) in [6.07, 6.45) is 0. The summed E-state index contributed by atoms with van der Waals surface area (Å²) in [4.78, 5) is 0. The second-order valence-electron chi connectivity index (χ2n) is 3.93. The molecule has 18 heavy (non-hydrogen) atoms. The van der Waals surface area contributed by atoms with E-state index in [0.717, 1.165) is 29.4 Å². The van der Waals surface area contributed by atoms with Crippen LogP contribution in [-0.4, -0.2) is 7.05 Å². The van der Waals surface area contributed by atoms with Gasteiger partial charge in [-0.1, -0.05) is 12.1 Å². The highest BCUT2D eigenvalue weighted by Gasteiger charge is 2.03. The van der Waals surface area contributed by atoms with Crippen molar-refractivity contribution < 1.29 is 8.78 Å². The van der Waals surface area contributed by atoms with Crippen LogP contribution in [-0.2, 0) is 6.54 Å². The van der Waals surface area contributed by atoms with E-state index in [2.05, 4.69) is 10.6 Å². The molecule has 2 rings (SSSR count). The number of benzene rings is 2. The van der Waals surface area contributed by atoms with Crippen LogP contribution >= 0.6 is 0 Å². The minimum Gasteiger partial charge on any atom is -0.388 e. The molecule has 94 valence electrons. The van der Waals surface area contributed by atoms with E-state index in [4.69, 9.17) is 0 Å². The third kappa shape index (κ3) is 2.97. The Labute approximate surface area is 105 Å². The maximum Gasteiger partial charge on any atom is 0.146 e. The van der Waals surface area contributed by atoms with E-state index in [9.17, 15) is 8.78 Å². The molecule has 0 atom stereocenters. The highest BCUT2D eigenvalue weighted by molar-refractivity contribution is 5.48. The zero-order valence-corrected chi connectivity index (χ0v) is 10.0. The lowest BCUT2D eigenvalue weighted by Gasteiger charge is -2.09. The van der Waals surface area contributed by atoms with Crippen molar-refractivity contribution in [1.82, 2.24) is 0 Å². The van der Waals surface area contributed by atoms with Crippen molar-refractivity contribution in [3.63, 3.8) is 0 Å². The van der Waals surface area contributed by atoms with E-state index < -0.39 is 11.6 Å². The average Bonchev–Trinajstić information content (AvgIpc) is 2.40. The number of hydrogen-bond acceptors (Lipinski definition) is 2. The van der Waals surface area contributed by atoms with Crippen molar-refractivity contribution in [3.8, 4) is 0 Å². The third-order valence-corrected chi connectivity index (χ3v) is 2.63. The molecule has 0 unspecified atom stereocenters. The largest absolute Gasteiger partial charge is 0.388 e. The lowest BCUT2D eigenvalue weighted by atomic mass is 10.2. The Morgan fingerprint density at radius 1 is 1.06 bits per heavy atom. The maximum atomic E-state index is 13.4. The van der Waals surface area contributed by atoms with Crippen LogP contribution in [0.3, 0.4) is 0 Å². The molecule has 0 aliphatic rings. The lowest BCUT2D eigenvalue weighted by Crippen LogP contribution is -2.02. The molecule has 0 aromatic heterocycles. The second-order valence-corrected chi connectivity index (χ2v) is 3.93. The van der Waals surface area contributed by atoms with E-state index in [1.165, 1.54) is 0 Å². The summed E-state index contributed by atoms with van der Waals surface area (Å²) in [5, 5.41) is 5.90. The van der Waals surface area contributed by atoms with Crippen LogP contribution in [0.2, 0.25) is 0 Å². The molecular weight excluding hydrogens is 234 g/mol. The molecule has 0 heterocycles. The molecule has 0 aliphatic carbocycles. The number of anilines is 2. The lowest BCUT2D eigenvalue weighted by molar-refractivity contribution is 0.602. The van der Waals surface area contributed by atoms with Crippen molar-refractivity contribution in [1.29, 1.82) is 0 Å². The maximum absolute atomic E-state index is 13.4. The SMILES string of the molecule is CNc1cccc(CNc2cc(F)ccc2F)c1. The van der Waals surface area contributed by atoms with Gasteiger partial charge in [0.25, 0.3) is 0 Å². The van der Waals surface area contributed by atoms with Gasteiger partial charge in [0.15, 0.2) is 0 Å². The Balaban J connectivity index is 2.08. The Bertz CT molecular complexity index is 541. The quantitative estimate of drug-likeness (QED) is 0.863. The zero-order valence-electron chi connectivity index (χ0n) is 10.0. The summed E-state index contributed by atoms with van der Waals surface area (Å²) >= 11 is 0. The predicted molar refractivity (Wildman–Crippen MR) is 69.7 cm³/mol. The van der Waals surface area contributed by atoms with Crippen LogP contribution in [0.5, 0.6) is 0 Å². The molecule has 2 aromatic rings. The molecule has 2 aromatic carbocycles. The fourth-order valence-electron chi connectivity index (χ4n) is 1.67. The van der Waals surface area contributed by atoms with Gasteiger partial charge in [0.1, 0.15) is 11.6 Å². The highest BCUT2D eigenvalue weighted by Crippen LogP contribution is 2.17. The number of rotatable bonds is 4. The monoisotopic (exact) mass is 248 g/mol. The van der Waals surface area contributed by atoms with E-state index >= 15 is 0 Å². The van der Waals surface area contributed by atoms with E-state index in [1.807, 2.05) is 31.3 Å². The first-order valence-electron chi connectivity index (χ1n) is 5.64. The van der Waals surface area contributed by atoms with E-state index in [1.54, 1.807) is 0 Å². The number of nitrogens with one attached hydrogen (secondary N) is 2. The number of halogens is 2. The summed E-state index contributed by atoms with van der Waals surface area (Å²) in [6.45, 7) is 0.440. The van der Waals surface area contributed by atoms with E-state index in [0.29, 0.717) is 6.54 Å². The minimum absolute atomic E-state index is 0.171. The highest BCUT2D eigenvalue weighted by atomic mass is 19.1. The van der Waals surface area contributed by atoms with Gasteiger partial charge in [0, 0.05) is 19.3 Å². The number of hydrogen-bond donors (Lipinski definition) is 2. The van der Waals surface area contributed by atoms with Crippen LogP contribution < -0.4 is 10.6 Å². The van der Waals surface area contributed by atoms with Gasteiger partial charge in [-0.3, -0.25) is 0 Å². The van der Waals surface area contributed by atoms with Gasteiger partial charge in [-0.05, 0) is 35.9 Å². The first-order valence-corrected chi connectivity index (χ1v) is 5.64. The first-order chi connectivity index (χ1) is 8.69. The molecule has 0 saturated carbocycles. The molecule has 2 N–H and O–H groups in total. The molecular formula is C14H14F2N2. The Kier molecular flexibility index (Phi) is 3.77. The minimum atomic E-state index is -0.457. The van der Waals surface area contributed by atoms with Crippen LogP contribution in [0.15, 0.2) is 42.5 Å². The normalized spacial score (nSPS) is 10.2. The molecule has 0 saturated heterocycles. The molecule has 0 aliphatic heterocycles. The molecule has 4 heteroatoms. The summed E-state index contributed by atoms with van der Waals surface area (Å²) in [5.74, 6) is -0.913. The topological polar surface area (TPSA) is 24.1 Å². The summed E-state index contributed by atoms with van der Waals surface area (Å²) in [6, 6.07) is 11.1. The van der Waals surface area contributed by atoms with Crippen LogP contribution in [0.1, 0.15) is 5.56 Å². The van der Waals surface area contributed by atoms with Gasteiger partial charge in [0.05, 0.1) is 5.69 Å². The van der Waals surface area contributed by atoms with Crippen LogP contribution in [0.25, 0.3) is 0 Å². The Morgan fingerprint density at radius 2 is 1.89 bits per heavy atom. The fraction of sp³-hybridized carbons (Fsp3) is 0.143. The van der Waals surface area contributed by atoms with Gasteiger partial charge in [0.2, 0.25) is 0 Å². The van der Waals surface area contributed by atoms with Crippen LogP contribution in [0.4, 0.5) is 20.2 Å². The van der Waals surface area contributed by atoms with Crippen molar-refractivity contribution in [2.75, 3.05) is 17.7 Å². The summed E-state index contributed by atoms with van der Waals surface area (Å²) < 4.78 is 26.4. The van der Waals surface area contributed by atoms with Crippen LogP contribution in [0, 0.1) is 11.6 Å². The van der Waals surface area contributed by atoms with Gasteiger partial charge in [-0.2, -0.15) is 0 Å². The van der Waals surface area contributed by atoms with E-state index in [-0.39, 0.29) is 5.69 Å². The molecule has 2 nitrogen and oxygen atoms in total. The van der Waals surface area contributed by atoms with Gasteiger partial charge < -0.3 is 10.6 Å². The summed E-state index contributed by atoms with van der Waals surface area (Å²) in [7, 11) is 1.83. The van der Waals surface area contributed by atoms with Gasteiger partial charge in [-0.25, -0.2) is 8.78 Å². The molecule has 0 bridgehead atoms. The molecule has 0 amide bonds. The average molecular weight is 248 g/mol. The second kappa shape index (κ2) is 5.49. The smallest absolute Gasteiger partial charge is 0.146 e. The van der Waals surface area contributed by atoms with Crippen molar-refractivity contribution in [2.45, 2.75) is 6.54 Å². The fourth-order valence-corrected chi connectivity index (χ4v) is 1.67. The first kappa shape index (κ1) is 12.4. The predicted octanol–water partition coefficient (Wildman–Crippen LogP) is 3.62. The Morgan fingerprint density at radius 3 is 2.67 bits per heavy atom. The zero-order chi connectivity index (χ0) is 13.0. The molecule has 0 fully saturated rings. The Hall–Kier alpha value is -2.10. The molecule has 0 spiro atoms. The van der Waals surface area contributed by atoms with Gasteiger partial charge in [-0.15, -0.1) is 0 Å². The molecule has 0 radical (unpaired) electrons. The summed E-state index contributed by atoms with van der Waals surface area (Å²) in [5.41, 5.74) is 2.14. The third-order valence-electron chi connectivity index (χ3n) is 2.63.